The highest BCUT2D eigenvalue weighted by molar-refractivity contribution is 5.16. The lowest BCUT2D eigenvalue weighted by molar-refractivity contribution is 0.404. The molecule has 0 N–H and O–H groups in total. The van der Waals surface area contributed by atoms with Crippen molar-refractivity contribution >= 4 is 0 Å². The molecule has 0 amide bonds. The van der Waals surface area contributed by atoms with Crippen LogP contribution in [-0.4, -0.2) is 0 Å². The van der Waals surface area contributed by atoms with Crippen LogP contribution in [0, 0.1) is 35.5 Å². The number of unbranched alkanes of at least 4 members (excludes halogenated alkanes) is 2. The van der Waals surface area contributed by atoms with Crippen LogP contribution in [-0.2, 0) is 0 Å². The Morgan fingerprint density at radius 3 is 2.64 bits per heavy atom. The minimum atomic E-state index is 0.754. The molecule has 0 nitrogen and oxygen atoms in total. The molecule has 4 atom stereocenters. The van der Waals surface area contributed by atoms with Gasteiger partial charge in [-0.05, 0) is 69.1 Å². The highest BCUT2D eigenvalue weighted by atomic mass is 14.4. The maximum absolute atomic E-state index is 3.25. The van der Waals surface area contributed by atoms with Crippen LogP contribution in [0.5, 0.6) is 0 Å². The molecule has 25 heavy (non-hydrogen) atoms. The van der Waals surface area contributed by atoms with Crippen molar-refractivity contribution in [2.75, 3.05) is 0 Å². The summed E-state index contributed by atoms with van der Waals surface area (Å²) in [5.74, 6) is 9.84. The normalized spacial score (nSPS) is 27.6. The van der Waals surface area contributed by atoms with Gasteiger partial charge in [0.25, 0.3) is 0 Å². The van der Waals surface area contributed by atoms with E-state index in [4.69, 9.17) is 0 Å². The first-order valence-electron chi connectivity index (χ1n) is 11.0. The quantitative estimate of drug-likeness (QED) is 0.238. The first kappa shape index (κ1) is 22.1. The van der Waals surface area contributed by atoms with Crippen LogP contribution < -0.4 is 0 Å². The zero-order valence-corrected chi connectivity index (χ0v) is 17.6. The molecule has 142 valence electrons. The molecule has 0 aliphatic heterocycles. The number of rotatable bonds is 8. The smallest absolute Gasteiger partial charge is 0.0120 e. The lowest BCUT2D eigenvalue weighted by Gasteiger charge is -2.15. The van der Waals surface area contributed by atoms with Crippen LogP contribution in [0.4, 0.5) is 0 Å². The van der Waals surface area contributed by atoms with Crippen LogP contribution in [0.25, 0.3) is 0 Å². The minimum absolute atomic E-state index is 0.754. The van der Waals surface area contributed by atoms with E-state index in [0.29, 0.717) is 0 Å². The number of allylic oxidation sites excluding steroid dienone is 4. The average molecular weight is 343 g/mol. The van der Waals surface area contributed by atoms with Gasteiger partial charge in [0.1, 0.15) is 0 Å². The molecule has 0 spiro atoms. The van der Waals surface area contributed by atoms with Crippen LogP contribution in [0.1, 0.15) is 98.8 Å². The second-order valence-corrected chi connectivity index (χ2v) is 7.65. The Bertz CT molecular complexity index is 456. The highest BCUT2D eigenvalue weighted by Crippen LogP contribution is 2.50. The molecule has 0 bridgehead atoms. The van der Waals surface area contributed by atoms with E-state index >= 15 is 0 Å². The van der Waals surface area contributed by atoms with Gasteiger partial charge in [-0.3, -0.25) is 0 Å². The molecule has 0 saturated heterocycles. The SMILES string of the molecule is CC.CC#CCC(CC)C/C=C/C1CCC2C/C(=C\CCCC)CC12. The Morgan fingerprint density at radius 2 is 1.96 bits per heavy atom. The van der Waals surface area contributed by atoms with Crippen molar-refractivity contribution in [2.24, 2.45) is 23.7 Å². The lowest BCUT2D eigenvalue weighted by Crippen LogP contribution is -2.06. The second kappa shape index (κ2) is 13.3. The summed E-state index contributed by atoms with van der Waals surface area (Å²) in [6, 6.07) is 0. The number of hydrogen-bond acceptors (Lipinski definition) is 0. The second-order valence-electron chi connectivity index (χ2n) is 7.65. The van der Waals surface area contributed by atoms with Crippen LogP contribution in [0.3, 0.4) is 0 Å². The summed E-state index contributed by atoms with van der Waals surface area (Å²) in [6.45, 7) is 10.5. The van der Waals surface area contributed by atoms with Gasteiger partial charge in [-0.1, -0.05) is 70.8 Å². The molecule has 0 radical (unpaired) electrons. The fraction of sp³-hybridized carbons (Fsp3) is 0.760. The molecular weight excluding hydrogens is 300 g/mol. The summed E-state index contributed by atoms with van der Waals surface area (Å²) in [7, 11) is 0. The maximum atomic E-state index is 3.25. The molecule has 2 fully saturated rings. The van der Waals surface area contributed by atoms with Crippen molar-refractivity contribution in [3.63, 3.8) is 0 Å². The van der Waals surface area contributed by atoms with E-state index in [2.05, 4.69) is 43.9 Å². The molecule has 4 unspecified atom stereocenters. The molecule has 0 aromatic rings. The van der Waals surface area contributed by atoms with Crippen LogP contribution in [0.15, 0.2) is 23.8 Å². The van der Waals surface area contributed by atoms with Gasteiger partial charge in [0.2, 0.25) is 0 Å². The Kier molecular flexibility index (Phi) is 11.7. The van der Waals surface area contributed by atoms with E-state index in [1.807, 2.05) is 20.8 Å². The zero-order chi connectivity index (χ0) is 18.5. The van der Waals surface area contributed by atoms with Gasteiger partial charge in [-0.15, -0.1) is 11.8 Å². The third-order valence-electron chi connectivity index (χ3n) is 6.04. The van der Waals surface area contributed by atoms with Gasteiger partial charge in [0, 0.05) is 6.42 Å². The van der Waals surface area contributed by atoms with Crippen molar-refractivity contribution in [3.05, 3.63) is 23.8 Å². The molecule has 2 rings (SSSR count). The summed E-state index contributed by atoms with van der Waals surface area (Å²) < 4.78 is 0. The molecule has 0 aromatic carbocycles. The Hall–Kier alpha value is -0.960. The molecular formula is C25H42. The topological polar surface area (TPSA) is 0 Å². The third kappa shape index (κ3) is 7.43. The number of fused-ring (bicyclic) bond motifs is 1. The van der Waals surface area contributed by atoms with E-state index in [1.54, 1.807) is 5.57 Å². The third-order valence-corrected chi connectivity index (χ3v) is 6.04. The standard InChI is InChI=1S/C23H36.C2H6/c1-4-7-9-12-20-17-22-16-15-21(23(22)18-20)14-10-13-19(6-3)11-8-5-2;1-2/h10,12,14,19,21-23H,4,6-7,9,11,13,15-18H2,1-3H3;1-2H3/b14-10+,20-12+;. The summed E-state index contributed by atoms with van der Waals surface area (Å²) >= 11 is 0. The molecule has 2 aliphatic carbocycles. The van der Waals surface area contributed by atoms with Crippen molar-refractivity contribution in [2.45, 2.75) is 98.8 Å². The Balaban J connectivity index is 0.00000151. The predicted molar refractivity (Wildman–Crippen MR) is 113 cm³/mol. The molecule has 0 aromatic heterocycles. The predicted octanol–water partition coefficient (Wildman–Crippen LogP) is 7.95. The molecule has 2 saturated carbocycles. The van der Waals surface area contributed by atoms with Crippen molar-refractivity contribution in [1.29, 1.82) is 0 Å². The van der Waals surface area contributed by atoms with Gasteiger partial charge in [-0.2, -0.15) is 0 Å². The van der Waals surface area contributed by atoms with Crippen LogP contribution in [0.2, 0.25) is 0 Å². The van der Waals surface area contributed by atoms with Gasteiger partial charge < -0.3 is 0 Å². The summed E-state index contributed by atoms with van der Waals surface area (Å²) in [6.07, 6.45) is 20.8. The van der Waals surface area contributed by atoms with E-state index in [1.165, 1.54) is 57.8 Å². The maximum Gasteiger partial charge on any atom is 0.0120 e. The minimum Gasteiger partial charge on any atom is -0.107 e. The van der Waals surface area contributed by atoms with Crippen molar-refractivity contribution in [1.82, 2.24) is 0 Å². The molecule has 2 aliphatic rings. The summed E-state index contributed by atoms with van der Waals surface area (Å²) in [5.41, 5.74) is 1.77. The zero-order valence-electron chi connectivity index (χ0n) is 17.6. The van der Waals surface area contributed by atoms with E-state index in [9.17, 15) is 0 Å². The monoisotopic (exact) mass is 342 g/mol. The van der Waals surface area contributed by atoms with Crippen molar-refractivity contribution in [3.8, 4) is 11.8 Å². The molecule has 0 heterocycles. The first-order chi connectivity index (χ1) is 12.3. The van der Waals surface area contributed by atoms with E-state index in [0.717, 1.165) is 30.1 Å². The Labute approximate surface area is 158 Å². The lowest BCUT2D eigenvalue weighted by atomic mass is 9.90. The summed E-state index contributed by atoms with van der Waals surface area (Å²) in [5, 5.41) is 0. The fourth-order valence-corrected chi connectivity index (χ4v) is 4.48. The first-order valence-corrected chi connectivity index (χ1v) is 11.0. The van der Waals surface area contributed by atoms with Crippen molar-refractivity contribution < 1.29 is 0 Å². The number of hydrogen-bond donors (Lipinski definition) is 0. The Morgan fingerprint density at radius 1 is 1.16 bits per heavy atom. The van der Waals surface area contributed by atoms with E-state index in [-0.39, 0.29) is 0 Å². The van der Waals surface area contributed by atoms with Gasteiger partial charge in [-0.25, -0.2) is 0 Å². The van der Waals surface area contributed by atoms with Gasteiger partial charge in [0.05, 0.1) is 0 Å². The highest BCUT2D eigenvalue weighted by Gasteiger charge is 2.39. The van der Waals surface area contributed by atoms with Gasteiger partial charge >= 0.3 is 0 Å². The van der Waals surface area contributed by atoms with E-state index < -0.39 is 0 Å². The largest absolute Gasteiger partial charge is 0.107 e. The fourth-order valence-electron chi connectivity index (χ4n) is 4.48. The van der Waals surface area contributed by atoms with Crippen LogP contribution >= 0.6 is 0 Å². The summed E-state index contributed by atoms with van der Waals surface area (Å²) in [4.78, 5) is 0. The van der Waals surface area contributed by atoms with Gasteiger partial charge in [0.15, 0.2) is 0 Å². The average Bonchev–Trinajstić information content (AvgIpc) is 3.21. The molecule has 0 heteroatoms.